The van der Waals surface area contributed by atoms with Crippen LogP contribution < -0.4 is 5.32 Å². The zero-order valence-corrected chi connectivity index (χ0v) is 12.4. The highest BCUT2D eigenvalue weighted by atomic mass is 16.3. The number of carbonyl (C=O) groups excluding carboxylic acids is 1. The molecule has 2 aliphatic rings. The van der Waals surface area contributed by atoms with E-state index in [1.54, 1.807) is 12.5 Å². The number of hydrogen-bond donors (Lipinski definition) is 3. The topological polar surface area (TPSA) is 78.0 Å². The summed E-state index contributed by atoms with van der Waals surface area (Å²) in [5.74, 6) is 1.04. The average molecular weight is 291 g/mol. The maximum atomic E-state index is 12.1. The molecule has 3 N–H and O–H groups in total. The molecule has 5 heteroatoms. The van der Waals surface area contributed by atoms with E-state index >= 15 is 0 Å². The number of aromatic amines is 1. The quantitative estimate of drug-likeness (QED) is 0.749. The fourth-order valence-corrected chi connectivity index (χ4v) is 3.54. The molecule has 21 heavy (non-hydrogen) atoms. The van der Waals surface area contributed by atoms with Gasteiger partial charge < -0.3 is 15.4 Å². The van der Waals surface area contributed by atoms with E-state index in [-0.39, 0.29) is 17.7 Å². The van der Waals surface area contributed by atoms with E-state index in [1.807, 2.05) is 0 Å². The van der Waals surface area contributed by atoms with Crippen molar-refractivity contribution in [3.63, 3.8) is 0 Å². The maximum Gasteiger partial charge on any atom is 0.223 e. The molecule has 0 bridgehead atoms. The van der Waals surface area contributed by atoms with Gasteiger partial charge in [-0.15, -0.1) is 0 Å². The van der Waals surface area contributed by atoms with E-state index in [0.717, 1.165) is 18.5 Å². The molecule has 1 amide bonds. The number of aromatic nitrogens is 2. The lowest BCUT2D eigenvalue weighted by Crippen LogP contribution is -2.34. The second-order valence-corrected chi connectivity index (χ2v) is 6.59. The van der Waals surface area contributed by atoms with Crippen LogP contribution in [0, 0.1) is 11.8 Å². The van der Waals surface area contributed by atoms with Gasteiger partial charge >= 0.3 is 0 Å². The molecule has 1 heterocycles. The molecule has 0 radical (unpaired) electrons. The lowest BCUT2D eigenvalue weighted by Gasteiger charge is -2.24. The Labute approximate surface area is 125 Å². The Morgan fingerprint density at radius 1 is 1.43 bits per heavy atom. The third-order valence-corrected chi connectivity index (χ3v) is 4.89. The zero-order chi connectivity index (χ0) is 14.7. The molecule has 2 aliphatic carbocycles. The number of rotatable bonds is 6. The minimum absolute atomic E-state index is 0.0485. The molecule has 3 atom stereocenters. The van der Waals surface area contributed by atoms with Gasteiger partial charge in [0, 0.05) is 30.3 Å². The number of aliphatic hydroxyl groups is 1. The molecule has 0 aliphatic heterocycles. The van der Waals surface area contributed by atoms with Crippen molar-refractivity contribution in [2.24, 2.45) is 11.8 Å². The van der Waals surface area contributed by atoms with E-state index in [4.69, 9.17) is 0 Å². The molecule has 2 saturated carbocycles. The maximum absolute atomic E-state index is 12.1. The van der Waals surface area contributed by atoms with Crippen molar-refractivity contribution in [3.05, 3.63) is 18.2 Å². The van der Waals surface area contributed by atoms with Crippen LogP contribution in [0.5, 0.6) is 0 Å². The average Bonchev–Trinajstić information content (AvgIpc) is 3.11. The van der Waals surface area contributed by atoms with E-state index in [2.05, 4.69) is 15.3 Å². The van der Waals surface area contributed by atoms with Crippen LogP contribution in [-0.4, -0.2) is 33.6 Å². The third kappa shape index (κ3) is 3.84. The van der Waals surface area contributed by atoms with Gasteiger partial charge in [-0.3, -0.25) is 4.79 Å². The van der Waals surface area contributed by atoms with Crippen molar-refractivity contribution in [1.29, 1.82) is 0 Å². The second-order valence-electron chi connectivity index (χ2n) is 6.59. The third-order valence-electron chi connectivity index (χ3n) is 4.89. The van der Waals surface area contributed by atoms with Gasteiger partial charge in [-0.05, 0) is 18.8 Å². The summed E-state index contributed by atoms with van der Waals surface area (Å²) in [6.45, 7) is 0.390. The minimum Gasteiger partial charge on any atom is -0.391 e. The molecule has 0 aromatic carbocycles. The van der Waals surface area contributed by atoms with Crippen LogP contribution in [0.2, 0.25) is 0 Å². The van der Waals surface area contributed by atoms with Crippen LogP contribution in [-0.2, 0) is 4.79 Å². The smallest absolute Gasteiger partial charge is 0.223 e. The largest absolute Gasteiger partial charge is 0.391 e. The zero-order valence-electron chi connectivity index (χ0n) is 12.4. The first-order chi connectivity index (χ1) is 10.2. The summed E-state index contributed by atoms with van der Waals surface area (Å²) in [4.78, 5) is 19.1. The molecule has 116 valence electrons. The van der Waals surface area contributed by atoms with Crippen LogP contribution in [0.4, 0.5) is 0 Å². The molecule has 1 aromatic rings. The van der Waals surface area contributed by atoms with Gasteiger partial charge in [0.25, 0.3) is 0 Å². The Morgan fingerprint density at radius 3 is 2.95 bits per heavy atom. The van der Waals surface area contributed by atoms with Crippen molar-refractivity contribution in [1.82, 2.24) is 15.3 Å². The SMILES string of the molecule is O=C(NCC(O)CC1CCCCC1)[C@@H]1C[C@H]1c1cnc[nH]1. The minimum atomic E-state index is -0.401. The van der Waals surface area contributed by atoms with Crippen LogP contribution in [0.25, 0.3) is 0 Å². The highest BCUT2D eigenvalue weighted by molar-refractivity contribution is 5.82. The molecular weight excluding hydrogens is 266 g/mol. The number of hydrogen-bond acceptors (Lipinski definition) is 3. The highest BCUT2D eigenvalue weighted by Gasteiger charge is 2.44. The van der Waals surface area contributed by atoms with Crippen LogP contribution >= 0.6 is 0 Å². The lowest BCUT2D eigenvalue weighted by molar-refractivity contribution is -0.122. The Morgan fingerprint density at radius 2 is 2.24 bits per heavy atom. The molecule has 1 unspecified atom stereocenters. The first-order valence-electron chi connectivity index (χ1n) is 8.18. The van der Waals surface area contributed by atoms with Gasteiger partial charge in [0.15, 0.2) is 0 Å². The summed E-state index contributed by atoms with van der Waals surface area (Å²) in [7, 11) is 0. The van der Waals surface area contributed by atoms with E-state index in [9.17, 15) is 9.90 Å². The number of carbonyl (C=O) groups is 1. The lowest BCUT2D eigenvalue weighted by atomic mass is 9.85. The second kappa shape index (κ2) is 6.60. The summed E-state index contributed by atoms with van der Waals surface area (Å²) in [6.07, 6.45) is 11.1. The molecule has 1 aromatic heterocycles. The Balaban J connectivity index is 1.36. The van der Waals surface area contributed by atoms with E-state index in [0.29, 0.717) is 12.5 Å². The van der Waals surface area contributed by atoms with E-state index in [1.165, 1.54) is 32.1 Å². The van der Waals surface area contributed by atoms with Crippen molar-refractivity contribution >= 4 is 5.91 Å². The number of H-pyrrole nitrogens is 1. The Kier molecular flexibility index (Phi) is 4.58. The summed E-state index contributed by atoms with van der Waals surface area (Å²) in [5, 5.41) is 13.0. The molecule has 2 fully saturated rings. The standard InChI is InChI=1S/C16H25N3O2/c20-12(6-11-4-2-1-3-5-11)8-18-16(21)14-7-13(14)15-9-17-10-19-15/h9-14,20H,1-8H2,(H,17,19)(H,18,21)/t12?,13-,14-/m1/s1. The van der Waals surface area contributed by atoms with Crippen molar-refractivity contribution in [2.75, 3.05) is 6.54 Å². The van der Waals surface area contributed by atoms with Crippen molar-refractivity contribution in [3.8, 4) is 0 Å². The summed E-state index contributed by atoms with van der Waals surface area (Å²) >= 11 is 0. The first kappa shape index (κ1) is 14.6. The molecule has 3 rings (SSSR count). The van der Waals surface area contributed by atoms with Gasteiger partial charge in [-0.25, -0.2) is 4.98 Å². The fourth-order valence-electron chi connectivity index (χ4n) is 3.54. The Bertz CT molecular complexity index is 454. The van der Waals surface area contributed by atoms with Crippen molar-refractivity contribution in [2.45, 2.75) is 57.0 Å². The predicted octanol–water partition coefficient (Wildman–Crippen LogP) is 1.96. The number of nitrogens with zero attached hydrogens (tertiary/aromatic N) is 1. The van der Waals surface area contributed by atoms with Crippen LogP contribution in [0.15, 0.2) is 12.5 Å². The van der Waals surface area contributed by atoms with E-state index < -0.39 is 6.10 Å². The number of nitrogens with one attached hydrogen (secondary N) is 2. The number of aliphatic hydroxyl groups excluding tert-OH is 1. The molecule has 0 spiro atoms. The van der Waals surface area contributed by atoms with Crippen LogP contribution in [0.1, 0.15) is 56.6 Å². The Hall–Kier alpha value is -1.36. The first-order valence-corrected chi connectivity index (χ1v) is 8.18. The van der Waals surface area contributed by atoms with Gasteiger partial charge in [-0.2, -0.15) is 0 Å². The monoisotopic (exact) mass is 291 g/mol. The predicted molar refractivity (Wildman–Crippen MR) is 79.6 cm³/mol. The van der Waals surface area contributed by atoms with Gasteiger partial charge in [0.05, 0.1) is 12.4 Å². The highest BCUT2D eigenvalue weighted by Crippen LogP contribution is 2.46. The van der Waals surface area contributed by atoms with Gasteiger partial charge in [0.2, 0.25) is 5.91 Å². The summed E-state index contributed by atoms with van der Waals surface area (Å²) in [5.41, 5.74) is 1.04. The van der Waals surface area contributed by atoms with Crippen molar-refractivity contribution < 1.29 is 9.90 Å². The molecule has 0 saturated heterocycles. The normalized spacial score (nSPS) is 27.3. The number of imidazole rings is 1. The van der Waals surface area contributed by atoms with Crippen LogP contribution in [0.3, 0.4) is 0 Å². The molecule has 5 nitrogen and oxygen atoms in total. The molecular formula is C16H25N3O2. The van der Waals surface area contributed by atoms with Gasteiger partial charge in [0.1, 0.15) is 0 Å². The number of amides is 1. The summed E-state index contributed by atoms with van der Waals surface area (Å²) < 4.78 is 0. The van der Waals surface area contributed by atoms with Gasteiger partial charge in [-0.1, -0.05) is 32.1 Å². The fraction of sp³-hybridized carbons (Fsp3) is 0.750. The summed E-state index contributed by atoms with van der Waals surface area (Å²) in [6, 6.07) is 0.